The Kier molecular flexibility index (Phi) is 6.16. The first kappa shape index (κ1) is 15.0. The second kappa shape index (κ2) is 6.56. The van der Waals surface area contributed by atoms with Crippen LogP contribution in [0.15, 0.2) is 42.7 Å². The minimum atomic E-state index is 0. The maximum absolute atomic E-state index is 5.65. The lowest BCUT2D eigenvalue weighted by atomic mass is 10.1. The summed E-state index contributed by atoms with van der Waals surface area (Å²) in [5, 5.41) is 0. The van der Waals surface area contributed by atoms with Crippen LogP contribution in [0.3, 0.4) is 0 Å². The molecule has 1 aromatic carbocycles. The molecule has 0 aliphatic heterocycles. The third-order valence-electron chi connectivity index (χ3n) is 2.68. The van der Waals surface area contributed by atoms with Crippen LogP contribution in [0, 0.1) is 0 Å². The van der Waals surface area contributed by atoms with E-state index >= 15 is 0 Å². The molecule has 16 heavy (non-hydrogen) atoms. The van der Waals surface area contributed by atoms with Gasteiger partial charge in [0, 0.05) is 5.56 Å². The molecule has 0 bridgehead atoms. The third-order valence-corrected chi connectivity index (χ3v) is 2.68. The Morgan fingerprint density at radius 3 is 2.25 bits per heavy atom. The highest BCUT2D eigenvalue weighted by atomic mass is 35.5. The van der Waals surface area contributed by atoms with Crippen LogP contribution in [-0.4, -0.2) is 18.7 Å². The Balaban J connectivity index is 0.00000225. The van der Waals surface area contributed by atoms with Gasteiger partial charge in [-0.3, -0.25) is 0 Å². The summed E-state index contributed by atoms with van der Waals surface area (Å²) < 4.78 is 0.494. The number of quaternary nitrogens is 1. The molecular formula is C13H20ClNO. The molecule has 0 amide bonds. The van der Waals surface area contributed by atoms with Crippen LogP contribution in [0.5, 0.6) is 0 Å². The Bertz CT molecular complexity index is 322. The van der Waals surface area contributed by atoms with Crippen LogP contribution in [-0.2, 0) is 4.84 Å². The topological polar surface area (TPSA) is 9.23 Å². The summed E-state index contributed by atoms with van der Waals surface area (Å²) in [5.41, 5.74) is 1.28. The molecule has 1 aromatic rings. The van der Waals surface area contributed by atoms with Gasteiger partial charge >= 0.3 is 0 Å². The van der Waals surface area contributed by atoms with Crippen molar-refractivity contribution in [3.63, 3.8) is 0 Å². The Labute approximate surface area is 104 Å². The highest BCUT2D eigenvalue weighted by molar-refractivity contribution is 5.16. The molecule has 2 nitrogen and oxygen atoms in total. The van der Waals surface area contributed by atoms with E-state index in [4.69, 9.17) is 4.84 Å². The molecule has 0 saturated carbocycles. The number of hydrogen-bond acceptors (Lipinski definition) is 1. The normalized spacial score (nSPS) is 13.2. The summed E-state index contributed by atoms with van der Waals surface area (Å²) in [4.78, 5) is 5.65. The molecule has 0 saturated heterocycles. The van der Waals surface area contributed by atoms with Crippen molar-refractivity contribution in [2.75, 3.05) is 14.1 Å². The van der Waals surface area contributed by atoms with Gasteiger partial charge in [0.25, 0.3) is 0 Å². The largest absolute Gasteiger partial charge is 1.00 e. The minimum Gasteiger partial charge on any atom is -1.00 e. The van der Waals surface area contributed by atoms with Crippen molar-refractivity contribution < 1.29 is 21.9 Å². The van der Waals surface area contributed by atoms with Crippen LogP contribution in [0.4, 0.5) is 0 Å². The van der Waals surface area contributed by atoms with Crippen LogP contribution >= 0.6 is 0 Å². The van der Waals surface area contributed by atoms with Gasteiger partial charge in [0.2, 0.25) is 0 Å². The van der Waals surface area contributed by atoms with Gasteiger partial charge in [-0.25, -0.2) is 0 Å². The number of hydroxylamine groups is 3. The molecule has 1 atom stereocenters. The highest BCUT2D eigenvalue weighted by Crippen LogP contribution is 2.24. The fraction of sp³-hybridized carbons (Fsp3) is 0.385. The van der Waals surface area contributed by atoms with Crippen LogP contribution < -0.4 is 12.4 Å². The zero-order valence-corrected chi connectivity index (χ0v) is 11.1. The zero-order chi connectivity index (χ0) is 11.3. The van der Waals surface area contributed by atoms with Crippen molar-refractivity contribution in [1.29, 1.82) is 0 Å². The third kappa shape index (κ3) is 3.87. The van der Waals surface area contributed by atoms with Crippen molar-refractivity contribution >= 4 is 0 Å². The summed E-state index contributed by atoms with van der Waals surface area (Å²) in [6, 6.07) is 10.7. The van der Waals surface area contributed by atoms with E-state index in [9.17, 15) is 0 Å². The van der Waals surface area contributed by atoms with E-state index in [-0.39, 0.29) is 12.4 Å². The van der Waals surface area contributed by atoms with E-state index in [0.29, 0.717) is 10.7 Å². The second-order valence-electron chi connectivity index (χ2n) is 4.10. The molecule has 0 radical (unpaired) electrons. The fourth-order valence-corrected chi connectivity index (χ4v) is 1.40. The quantitative estimate of drug-likeness (QED) is 0.419. The van der Waals surface area contributed by atoms with Gasteiger partial charge in [-0.1, -0.05) is 30.3 Å². The van der Waals surface area contributed by atoms with Crippen molar-refractivity contribution in [1.82, 2.24) is 0 Å². The molecular weight excluding hydrogens is 222 g/mol. The molecule has 90 valence electrons. The smallest absolute Gasteiger partial charge is 0.150 e. The van der Waals surface area contributed by atoms with E-state index in [0.717, 1.165) is 0 Å². The molecule has 1 unspecified atom stereocenters. The number of rotatable bonds is 4. The number of allylic oxidation sites excluding steroid dienone is 1. The van der Waals surface area contributed by atoms with E-state index in [1.54, 1.807) is 6.26 Å². The minimum absolute atomic E-state index is 0. The van der Waals surface area contributed by atoms with Crippen molar-refractivity contribution in [3.05, 3.63) is 48.2 Å². The highest BCUT2D eigenvalue weighted by Gasteiger charge is 2.27. The van der Waals surface area contributed by atoms with Gasteiger partial charge < -0.3 is 17.2 Å². The number of halogens is 1. The SMILES string of the molecule is CC=CO[N+](C)(C)C(C)c1ccccc1.[Cl-]. The zero-order valence-electron chi connectivity index (χ0n) is 10.4. The summed E-state index contributed by atoms with van der Waals surface area (Å²) in [7, 11) is 4.11. The van der Waals surface area contributed by atoms with E-state index in [2.05, 4.69) is 45.3 Å². The van der Waals surface area contributed by atoms with E-state index in [1.807, 2.05) is 19.1 Å². The lowest BCUT2D eigenvalue weighted by molar-refractivity contribution is -1.09. The maximum atomic E-state index is 5.65. The molecule has 0 fully saturated rings. The van der Waals surface area contributed by atoms with Crippen molar-refractivity contribution in [3.8, 4) is 0 Å². The Hall–Kier alpha value is -0.990. The molecule has 3 heteroatoms. The predicted octanol–water partition coefficient (Wildman–Crippen LogP) is 0.293. The van der Waals surface area contributed by atoms with Crippen LogP contribution in [0.2, 0.25) is 0 Å². The van der Waals surface area contributed by atoms with Crippen molar-refractivity contribution in [2.45, 2.75) is 19.9 Å². The maximum Gasteiger partial charge on any atom is 0.150 e. The Morgan fingerprint density at radius 2 is 1.75 bits per heavy atom. The molecule has 0 aromatic heterocycles. The summed E-state index contributed by atoms with van der Waals surface area (Å²) in [6.07, 6.45) is 3.64. The average molecular weight is 242 g/mol. The number of benzene rings is 1. The monoisotopic (exact) mass is 241 g/mol. The lowest BCUT2D eigenvalue weighted by Crippen LogP contribution is -3.00. The first-order valence-corrected chi connectivity index (χ1v) is 5.26. The molecule has 0 heterocycles. The van der Waals surface area contributed by atoms with Gasteiger partial charge in [-0.15, -0.1) is 4.65 Å². The van der Waals surface area contributed by atoms with Gasteiger partial charge in [0.15, 0.2) is 0 Å². The van der Waals surface area contributed by atoms with Crippen LogP contribution in [0.25, 0.3) is 0 Å². The van der Waals surface area contributed by atoms with Crippen molar-refractivity contribution in [2.24, 2.45) is 0 Å². The number of hydrogen-bond donors (Lipinski definition) is 0. The molecule has 0 N–H and O–H groups in total. The standard InChI is InChI=1S/C13H20NO.ClH/c1-5-11-15-14(3,4)12(2)13-9-7-6-8-10-13;/h5-12H,1-4H3;1H/q+1;/p-1. The Morgan fingerprint density at radius 1 is 1.19 bits per heavy atom. The van der Waals surface area contributed by atoms with Gasteiger partial charge in [-0.2, -0.15) is 0 Å². The van der Waals surface area contributed by atoms with E-state index < -0.39 is 0 Å². The first-order valence-electron chi connectivity index (χ1n) is 5.26. The lowest BCUT2D eigenvalue weighted by Gasteiger charge is -2.32. The van der Waals surface area contributed by atoms with Gasteiger partial charge in [0.05, 0.1) is 0 Å². The fourth-order valence-electron chi connectivity index (χ4n) is 1.40. The number of nitrogens with zero attached hydrogens (tertiary/aromatic N) is 1. The molecule has 0 spiro atoms. The first-order chi connectivity index (χ1) is 7.08. The average Bonchev–Trinajstić information content (AvgIpc) is 2.26. The summed E-state index contributed by atoms with van der Waals surface area (Å²) >= 11 is 0. The molecule has 1 rings (SSSR count). The summed E-state index contributed by atoms with van der Waals surface area (Å²) in [5.74, 6) is 0. The van der Waals surface area contributed by atoms with Crippen LogP contribution in [0.1, 0.15) is 25.5 Å². The molecule has 0 aliphatic rings. The molecule has 0 aliphatic carbocycles. The second-order valence-corrected chi connectivity index (χ2v) is 4.10. The van der Waals surface area contributed by atoms with Gasteiger partial charge in [-0.05, 0) is 19.9 Å². The van der Waals surface area contributed by atoms with Gasteiger partial charge in [0.1, 0.15) is 26.4 Å². The summed E-state index contributed by atoms with van der Waals surface area (Å²) in [6.45, 7) is 4.12. The predicted molar refractivity (Wildman–Crippen MR) is 62.9 cm³/mol. The van der Waals surface area contributed by atoms with E-state index in [1.165, 1.54) is 5.56 Å².